The van der Waals surface area contributed by atoms with Crippen molar-refractivity contribution in [1.29, 1.82) is 5.26 Å². The van der Waals surface area contributed by atoms with E-state index in [1.165, 1.54) is 0 Å². The van der Waals surface area contributed by atoms with Crippen molar-refractivity contribution in [2.75, 3.05) is 0 Å². The summed E-state index contributed by atoms with van der Waals surface area (Å²) in [5, 5.41) is 21.2. The average molecular weight is 250 g/mol. The first-order valence-corrected chi connectivity index (χ1v) is 6.10. The van der Waals surface area contributed by atoms with E-state index < -0.39 is 0 Å². The molecule has 2 rings (SSSR count). The molecule has 1 aliphatic carbocycles. The number of benzene rings is 1. The SMILES string of the molecule is CCC1=CC(=C/c2ccccc2C#N)/C=CC/1=N/O. The third-order valence-corrected chi connectivity index (χ3v) is 3.00. The van der Waals surface area contributed by atoms with Crippen LogP contribution in [0.5, 0.6) is 0 Å². The summed E-state index contributed by atoms with van der Waals surface area (Å²) in [6, 6.07) is 9.64. The van der Waals surface area contributed by atoms with Gasteiger partial charge in [-0.3, -0.25) is 0 Å². The number of hydrogen-bond acceptors (Lipinski definition) is 3. The van der Waals surface area contributed by atoms with Crippen molar-refractivity contribution in [3.05, 3.63) is 64.8 Å². The van der Waals surface area contributed by atoms with Crippen LogP contribution in [0.4, 0.5) is 0 Å². The molecule has 0 bridgehead atoms. The van der Waals surface area contributed by atoms with Gasteiger partial charge >= 0.3 is 0 Å². The molecule has 0 fully saturated rings. The van der Waals surface area contributed by atoms with E-state index in [1.807, 2.05) is 43.4 Å². The van der Waals surface area contributed by atoms with Crippen LogP contribution >= 0.6 is 0 Å². The highest BCUT2D eigenvalue weighted by atomic mass is 16.4. The summed E-state index contributed by atoms with van der Waals surface area (Å²) < 4.78 is 0. The summed E-state index contributed by atoms with van der Waals surface area (Å²) in [4.78, 5) is 0. The Hall–Kier alpha value is -2.60. The molecule has 0 atom stereocenters. The van der Waals surface area contributed by atoms with Crippen LogP contribution in [0.2, 0.25) is 0 Å². The van der Waals surface area contributed by atoms with Crippen molar-refractivity contribution < 1.29 is 5.21 Å². The Labute approximate surface area is 112 Å². The summed E-state index contributed by atoms with van der Waals surface area (Å²) in [7, 11) is 0. The van der Waals surface area contributed by atoms with Crippen LogP contribution in [0.1, 0.15) is 24.5 Å². The van der Waals surface area contributed by atoms with E-state index in [4.69, 9.17) is 10.5 Å². The zero-order valence-corrected chi connectivity index (χ0v) is 10.7. The first-order valence-electron chi connectivity index (χ1n) is 6.10. The van der Waals surface area contributed by atoms with Gasteiger partial charge in [-0.2, -0.15) is 5.26 Å². The molecule has 0 spiro atoms. The van der Waals surface area contributed by atoms with Crippen LogP contribution in [0.3, 0.4) is 0 Å². The average Bonchev–Trinajstić information content (AvgIpc) is 2.47. The molecule has 0 unspecified atom stereocenters. The maximum Gasteiger partial charge on any atom is 0.105 e. The summed E-state index contributed by atoms with van der Waals surface area (Å²) in [6.07, 6.45) is 8.38. The summed E-state index contributed by atoms with van der Waals surface area (Å²) in [5.74, 6) is 0. The Morgan fingerprint density at radius 1 is 1.32 bits per heavy atom. The van der Waals surface area contributed by atoms with Crippen LogP contribution in [0, 0.1) is 11.3 Å². The highest BCUT2D eigenvalue weighted by Crippen LogP contribution is 2.20. The molecule has 1 aromatic rings. The van der Waals surface area contributed by atoms with Crippen LogP contribution in [-0.2, 0) is 0 Å². The Morgan fingerprint density at radius 3 is 2.79 bits per heavy atom. The molecule has 0 aromatic heterocycles. The summed E-state index contributed by atoms with van der Waals surface area (Å²) in [6.45, 7) is 2.01. The van der Waals surface area contributed by atoms with Crippen molar-refractivity contribution in [2.24, 2.45) is 5.16 Å². The molecule has 0 saturated carbocycles. The quantitative estimate of drug-likeness (QED) is 0.643. The normalized spacial score (nSPS) is 18.4. The molecule has 0 aliphatic heterocycles. The standard InChI is InChI=1S/C16H14N2O/c1-2-13-9-12(7-8-16(13)18-19)10-14-5-3-4-6-15(14)11-17/h3-10,19H,2H2,1H3/b12-10+,18-16-. The molecule has 3 nitrogen and oxygen atoms in total. The molecule has 0 heterocycles. The minimum absolute atomic E-state index is 0.591. The number of hydrogen-bond donors (Lipinski definition) is 1. The third-order valence-electron chi connectivity index (χ3n) is 3.00. The smallest absolute Gasteiger partial charge is 0.105 e. The lowest BCUT2D eigenvalue weighted by Gasteiger charge is -2.10. The van der Waals surface area contributed by atoms with Gasteiger partial charge in [-0.1, -0.05) is 36.4 Å². The highest BCUT2D eigenvalue weighted by Gasteiger charge is 2.08. The monoisotopic (exact) mass is 250 g/mol. The minimum atomic E-state index is 0.591. The lowest BCUT2D eigenvalue weighted by molar-refractivity contribution is 0.319. The molecule has 1 aliphatic rings. The number of oxime groups is 1. The van der Waals surface area contributed by atoms with Crippen molar-refractivity contribution in [3.63, 3.8) is 0 Å². The topological polar surface area (TPSA) is 56.4 Å². The Bertz CT molecular complexity index is 643. The van der Waals surface area contributed by atoms with E-state index in [9.17, 15) is 0 Å². The molecular formula is C16H14N2O. The fraction of sp³-hybridized carbons (Fsp3) is 0.125. The number of allylic oxidation sites excluding steroid dienone is 5. The Morgan fingerprint density at radius 2 is 2.11 bits per heavy atom. The van der Waals surface area contributed by atoms with Crippen molar-refractivity contribution in [2.45, 2.75) is 13.3 Å². The van der Waals surface area contributed by atoms with Crippen molar-refractivity contribution in [3.8, 4) is 6.07 Å². The minimum Gasteiger partial charge on any atom is -0.410 e. The largest absolute Gasteiger partial charge is 0.410 e. The number of nitriles is 1. The number of rotatable bonds is 2. The predicted molar refractivity (Wildman–Crippen MR) is 75.9 cm³/mol. The van der Waals surface area contributed by atoms with Crippen molar-refractivity contribution in [1.82, 2.24) is 0 Å². The molecule has 1 N–H and O–H groups in total. The zero-order valence-electron chi connectivity index (χ0n) is 10.7. The highest BCUT2D eigenvalue weighted by molar-refractivity contribution is 6.10. The molecule has 3 heteroatoms. The van der Waals surface area contributed by atoms with Crippen LogP contribution in [0.15, 0.2) is 58.8 Å². The zero-order chi connectivity index (χ0) is 13.7. The van der Waals surface area contributed by atoms with E-state index in [0.29, 0.717) is 11.3 Å². The van der Waals surface area contributed by atoms with E-state index >= 15 is 0 Å². The lowest BCUT2D eigenvalue weighted by Crippen LogP contribution is -2.03. The van der Waals surface area contributed by atoms with Gasteiger partial charge in [0.2, 0.25) is 0 Å². The van der Waals surface area contributed by atoms with E-state index in [1.54, 1.807) is 12.1 Å². The van der Waals surface area contributed by atoms with Gasteiger partial charge in [0.15, 0.2) is 0 Å². The summed E-state index contributed by atoms with van der Waals surface area (Å²) >= 11 is 0. The molecule has 94 valence electrons. The fourth-order valence-corrected chi connectivity index (χ4v) is 1.98. The lowest BCUT2D eigenvalue weighted by atomic mass is 9.96. The van der Waals surface area contributed by atoms with E-state index in [0.717, 1.165) is 23.1 Å². The van der Waals surface area contributed by atoms with Gasteiger partial charge in [0, 0.05) is 0 Å². The molecular weight excluding hydrogens is 236 g/mol. The molecule has 0 saturated heterocycles. The number of nitrogens with zero attached hydrogens (tertiary/aromatic N) is 2. The first kappa shape index (κ1) is 12.8. The van der Waals surface area contributed by atoms with Gasteiger partial charge in [0.1, 0.15) is 5.71 Å². The maximum absolute atomic E-state index is 9.06. The maximum atomic E-state index is 9.06. The molecule has 0 radical (unpaired) electrons. The second-order valence-corrected chi connectivity index (χ2v) is 4.19. The van der Waals surface area contributed by atoms with Gasteiger partial charge in [-0.15, -0.1) is 0 Å². The summed E-state index contributed by atoms with van der Waals surface area (Å²) in [5.41, 5.74) is 4.10. The van der Waals surface area contributed by atoms with Gasteiger partial charge in [0.25, 0.3) is 0 Å². The Kier molecular flexibility index (Phi) is 3.94. The van der Waals surface area contributed by atoms with Crippen LogP contribution in [-0.4, -0.2) is 10.9 Å². The second-order valence-electron chi connectivity index (χ2n) is 4.19. The Balaban J connectivity index is 2.41. The second kappa shape index (κ2) is 5.83. The van der Waals surface area contributed by atoms with Gasteiger partial charge in [-0.25, -0.2) is 0 Å². The molecule has 1 aromatic carbocycles. The first-order chi connectivity index (χ1) is 9.28. The van der Waals surface area contributed by atoms with Crippen LogP contribution in [0.25, 0.3) is 6.08 Å². The van der Waals surface area contributed by atoms with Gasteiger partial charge in [-0.05, 0) is 47.4 Å². The van der Waals surface area contributed by atoms with Gasteiger partial charge in [0.05, 0.1) is 11.6 Å². The van der Waals surface area contributed by atoms with E-state index in [2.05, 4.69) is 11.2 Å². The molecule has 0 amide bonds. The van der Waals surface area contributed by atoms with E-state index in [-0.39, 0.29) is 0 Å². The molecule has 19 heavy (non-hydrogen) atoms. The third kappa shape index (κ3) is 2.80. The van der Waals surface area contributed by atoms with Crippen molar-refractivity contribution >= 4 is 11.8 Å². The fourth-order valence-electron chi connectivity index (χ4n) is 1.98. The predicted octanol–water partition coefficient (Wildman–Crippen LogP) is 3.68. The van der Waals surface area contributed by atoms with Gasteiger partial charge < -0.3 is 5.21 Å². The van der Waals surface area contributed by atoms with Crippen LogP contribution < -0.4 is 0 Å².